The van der Waals surface area contributed by atoms with Crippen molar-refractivity contribution in [1.29, 1.82) is 0 Å². The molecule has 4 atom stereocenters. The van der Waals surface area contributed by atoms with Gasteiger partial charge in [0, 0.05) is 6.54 Å². The average molecular weight is 352 g/mol. The monoisotopic (exact) mass is 352 g/mol. The fraction of sp³-hybridized carbons (Fsp3) is 0.722. The lowest BCUT2D eigenvalue weighted by atomic mass is 9.94. The van der Waals surface area contributed by atoms with Gasteiger partial charge in [-0.25, -0.2) is 9.59 Å². The standard InChI is InChI=1S/C18H28N2O5/c1-5-7-13(19-17(24)25-18(2,3)4)15(21)20-10-11-8-6-9-12(11)14(20)16(22)23/h5,11-14H,1,6-10H2,2-4H3,(H,19,24)(H,22,23)/t11-,12-,13-,14-/m0/s1. The van der Waals surface area contributed by atoms with Crippen molar-refractivity contribution in [2.45, 2.75) is 64.1 Å². The maximum Gasteiger partial charge on any atom is 0.408 e. The molecule has 2 aliphatic rings. The van der Waals surface area contributed by atoms with Crippen LogP contribution in [-0.2, 0) is 14.3 Å². The van der Waals surface area contributed by atoms with Gasteiger partial charge in [-0.2, -0.15) is 0 Å². The second-order valence-corrected chi connectivity index (χ2v) is 7.85. The number of alkyl carbamates (subject to hydrolysis) is 1. The van der Waals surface area contributed by atoms with E-state index in [9.17, 15) is 19.5 Å². The first kappa shape index (κ1) is 19.3. The summed E-state index contributed by atoms with van der Waals surface area (Å²) in [5, 5.41) is 12.2. The lowest BCUT2D eigenvalue weighted by molar-refractivity contribution is -0.150. The van der Waals surface area contributed by atoms with Gasteiger partial charge in [0.2, 0.25) is 5.91 Å². The normalized spacial score (nSPS) is 26.7. The van der Waals surface area contributed by atoms with E-state index < -0.39 is 29.7 Å². The van der Waals surface area contributed by atoms with E-state index >= 15 is 0 Å². The zero-order chi connectivity index (χ0) is 18.8. The van der Waals surface area contributed by atoms with Gasteiger partial charge >= 0.3 is 12.1 Å². The van der Waals surface area contributed by atoms with E-state index in [-0.39, 0.29) is 24.2 Å². The minimum atomic E-state index is -0.975. The van der Waals surface area contributed by atoms with Crippen LogP contribution in [0.5, 0.6) is 0 Å². The van der Waals surface area contributed by atoms with E-state index in [2.05, 4.69) is 11.9 Å². The number of amides is 2. The summed E-state index contributed by atoms with van der Waals surface area (Å²) in [7, 11) is 0. The Morgan fingerprint density at radius 2 is 2.04 bits per heavy atom. The van der Waals surface area contributed by atoms with Crippen LogP contribution in [0.15, 0.2) is 12.7 Å². The van der Waals surface area contributed by atoms with Gasteiger partial charge in [-0.3, -0.25) is 4.79 Å². The van der Waals surface area contributed by atoms with Gasteiger partial charge in [-0.1, -0.05) is 12.5 Å². The minimum absolute atomic E-state index is 0.00681. The van der Waals surface area contributed by atoms with Gasteiger partial charge in [0.15, 0.2) is 0 Å². The number of carboxylic acid groups (broad SMARTS) is 1. The molecule has 0 aromatic rings. The Morgan fingerprint density at radius 3 is 2.60 bits per heavy atom. The van der Waals surface area contributed by atoms with Crippen LogP contribution in [0.1, 0.15) is 46.5 Å². The number of ether oxygens (including phenoxy) is 1. The Balaban J connectivity index is 2.12. The molecule has 140 valence electrons. The summed E-state index contributed by atoms with van der Waals surface area (Å²) in [4.78, 5) is 38.1. The summed E-state index contributed by atoms with van der Waals surface area (Å²) in [6.07, 6.45) is 3.84. The maximum absolute atomic E-state index is 12.9. The number of likely N-dealkylation sites (tertiary alicyclic amines) is 1. The van der Waals surface area contributed by atoms with Crippen molar-refractivity contribution in [3.63, 3.8) is 0 Å². The molecule has 1 aliphatic carbocycles. The SMILES string of the molecule is C=CC[C@H](NC(=O)OC(C)(C)C)C(=O)N1C[C@@H]2CCC[C@@H]2[C@H]1C(=O)O. The Bertz CT molecular complexity index is 554. The van der Waals surface area contributed by atoms with E-state index in [1.165, 1.54) is 11.0 Å². The van der Waals surface area contributed by atoms with Crippen LogP contribution in [0, 0.1) is 11.8 Å². The zero-order valence-corrected chi connectivity index (χ0v) is 15.2. The second kappa shape index (κ2) is 7.45. The number of fused-ring (bicyclic) bond motifs is 1. The Kier molecular flexibility index (Phi) is 5.75. The average Bonchev–Trinajstić information content (AvgIpc) is 3.03. The van der Waals surface area contributed by atoms with Crippen molar-refractivity contribution in [3.05, 3.63) is 12.7 Å². The first-order valence-corrected chi connectivity index (χ1v) is 8.77. The van der Waals surface area contributed by atoms with Crippen molar-refractivity contribution in [2.75, 3.05) is 6.54 Å². The third-order valence-corrected chi connectivity index (χ3v) is 4.82. The topological polar surface area (TPSA) is 95.9 Å². The van der Waals surface area contributed by atoms with Crippen molar-refractivity contribution >= 4 is 18.0 Å². The van der Waals surface area contributed by atoms with E-state index in [1.54, 1.807) is 20.8 Å². The Morgan fingerprint density at radius 1 is 1.36 bits per heavy atom. The number of carboxylic acids is 1. The molecule has 7 nitrogen and oxygen atoms in total. The molecule has 0 unspecified atom stereocenters. The highest BCUT2D eigenvalue weighted by atomic mass is 16.6. The Labute approximate surface area is 148 Å². The summed E-state index contributed by atoms with van der Waals surface area (Å²) in [5.41, 5.74) is -0.680. The number of aliphatic carboxylic acids is 1. The number of carbonyl (C=O) groups is 3. The van der Waals surface area contributed by atoms with Gasteiger partial charge in [-0.05, 0) is 51.9 Å². The van der Waals surface area contributed by atoms with Crippen LogP contribution in [0.2, 0.25) is 0 Å². The van der Waals surface area contributed by atoms with Gasteiger partial charge < -0.3 is 20.1 Å². The van der Waals surface area contributed by atoms with Crippen LogP contribution >= 0.6 is 0 Å². The molecule has 0 radical (unpaired) electrons. The third kappa shape index (κ3) is 4.52. The van der Waals surface area contributed by atoms with E-state index in [0.717, 1.165) is 19.3 Å². The molecule has 1 heterocycles. The van der Waals surface area contributed by atoms with E-state index in [4.69, 9.17) is 4.74 Å². The van der Waals surface area contributed by atoms with Gasteiger partial charge in [-0.15, -0.1) is 6.58 Å². The molecule has 1 saturated heterocycles. The predicted molar refractivity (Wildman–Crippen MR) is 91.9 cm³/mol. The number of carbonyl (C=O) groups excluding carboxylic acids is 2. The lowest BCUT2D eigenvalue weighted by Crippen LogP contribution is -2.53. The highest BCUT2D eigenvalue weighted by Crippen LogP contribution is 2.42. The number of hydrogen-bond acceptors (Lipinski definition) is 4. The zero-order valence-electron chi connectivity index (χ0n) is 15.2. The largest absolute Gasteiger partial charge is 0.480 e. The smallest absolute Gasteiger partial charge is 0.408 e. The highest BCUT2D eigenvalue weighted by Gasteiger charge is 2.50. The molecule has 2 amide bonds. The summed E-state index contributed by atoms with van der Waals surface area (Å²) in [6.45, 7) is 9.26. The minimum Gasteiger partial charge on any atom is -0.480 e. The number of nitrogens with zero attached hydrogens (tertiary/aromatic N) is 1. The molecule has 0 aromatic heterocycles. The summed E-state index contributed by atoms with van der Waals surface area (Å²) in [5.74, 6) is -1.12. The maximum atomic E-state index is 12.9. The quantitative estimate of drug-likeness (QED) is 0.739. The molecule has 0 spiro atoms. The van der Waals surface area contributed by atoms with Crippen LogP contribution < -0.4 is 5.32 Å². The molecule has 1 aliphatic heterocycles. The summed E-state index contributed by atoms with van der Waals surface area (Å²) in [6, 6.07) is -1.68. The predicted octanol–water partition coefficient (Wildman–Crippen LogP) is 2.17. The molecule has 1 saturated carbocycles. The van der Waals surface area contributed by atoms with E-state index in [1.807, 2.05) is 0 Å². The highest BCUT2D eigenvalue weighted by molar-refractivity contribution is 5.90. The summed E-state index contributed by atoms with van der Waals surface area (Å²) < 4.78 is 5.20. The Hall–Kier alpha value is -2.05. The molecule has 25 heavy (non-hydrogen) atoms. The lowest BCUT2D eigenvalue weighted by Gasteiger charge is -2.29. The van der Waals surface area contributed by atoms with Gasteiger partial charge in [0.25, 0.3) is 0 Å². The molecule has 2 N–H and O–H groups in total. The first-order valence-electron chi connectivity index (χ1n) is 8.77. The van der Waals surface area contributed by atoms with Crippen molar-refractivity contribution in [3.8, 4) is 0 Å². The molecule has 2 fully saturated rings. The van der Waals surface area contributed by atoms with Crippen molar-refractivity contribution < 1.29 is 24.2 Å². The first-order chi connectivity index (χ1) is 11.6. The fourth-order valence-electron chi connectivity index (χ4n) is 3.89. The van der Waals surface area contributed by atoms with Crippen molar-refractivity contribution in [1.82, 2.24) is 10.2 Å². The van der Waals surface area contributed by atoms with E-state index in [0.29, 0.717) is 6.54 Å². The summed E-state index contributed by atoms with van der Waals surface area (Å²) >= 11 is 0. The third-order valence-electron chi connectivity index (χ3n) is 4.82. The second-order valence-electron chi connectivity index (χ2n) is 7.85. The van der Waals surface area contributed by atoms with Crippen LogP contribution in [-0.4, -0.2) is 52.2 Å². The molecule has 0 aromatic carbocycles. The molecule has 2 rings (SSSR count). The van der Waals surface area contributed by atoms with Crippen LogP contribution in [0.25, 0.3) is 0 Å². The molecule has 0 bridgehead atoms. The number of hydrogen-bond donors (Lipinski definition) is 2. The molecular formula is C18H28N2O5. The fourth-order valence-corrected chi connectivity index (χ4v) is 3.89. The number of nitrogens with one attached hydrogen (secondary N) is 1. The van der Waals surface area contributed by atoms with Crippen molar-refractivity contribution in [2.24, 2.45) is 11.8 Å². The molecule has 7 heteroatoms. The van der Waals surface area contributed by atoms with Gasteiger partial charge in [0.1, 0.15) is 17.7 Å². The van der Waals surface area contributed by atoms with Crippen LogP contribution in [0.4, 0.5) is 4.79 Å². The van der Waals surface area contributed by atoms with Crippen LogP contribution in [0.3, 0.4) is 0 Å². The molecular weight excluding hydrogens is 324 g/mol. The van der Waals surface area contributed by atoms with Gasteiger partial charge in [0.05, 0.1) is 0 Å². The number of rotatable bonds is 5.